The van der Waals surface area contributed by atoms with Crippen molar-refractivity contribution in [1.82, 2.24) is 0 Å². The van der Waals surface area contributed by atoms with Crippen molar-refractivity contribution >= 4 is 34.9 Å². The fourth-order valence-electron chi connectivity index (χ4n) is 6.62. The van der Waals surface area contributed by atoms with E-state index >= 15 is 0 Å². The molecule has 0 radical (unpaired) electrons. The first kappa shape index (κ1) is 22.1. The highest BCUT2D eigenvalue weighted by Crippen LogP contribution is 2.57. The predicted octanol–water partition coefficient (Wildman–Crippen LogP) is 8.90. The molecule has 0 aromatic heterocycles. The van der Waals surface area contributed by atoms with E-state index in [-0.39, 0.29) is 0 Å². The van der Waals surface area contributed by atoms with Gasteiger partial charge in [0, 0.05) is 0 Å². The quantitative estimate of drug-likeness (QED) is 0.216. The molecule has 0 nitrogen and oxygen atoms in total. The van der Waals surface area contributed by atoms with E-state index in [0.29, 0.717) is 0 Å². The summed E-state index contributed by atoms with van der Waals surface area (Å²) in [6.07, 6.45) is 0. The lowest BCUT2D eigenvalue weighted by Crippen LogP contribution is -2.02. The third-order valence-electron chi connectivity index (χ3n) is 8.34. The zero-order chi connectivity index (χ0) is 25.9. The van der Waals surface area contributed by atoms with Gasteiger partial charge in [0.05, 0.1) is 0 Å². The fourth-order valence-corrected chi connectivity index (χ4v) is 6.62. The Hall–Kier alpha value is -4.88. The molecule has 7 aromatic rings. The molecule has 0 atom stereocenters. The van der Waals surface area contributed by atoms with Gasteiger partial charge in [0.25, 0.3) is 0 Å². The van der Waals surface area contributed by atoms with Crippen LogP contribution in [0, 0.1) is 0 Å². The smallest absolute Gasteiger partial charge is 0.0812 e. The maximum Gasteiger partial charge on any atom is 0.140 e. The molecule has 1 heteroatoms. The van der Waals surface area contributed by atoms with Gasteiger partial charge in [0.1, 0.15) is 7.85 Å². The van der Waals surface area contributed by atoms with Crippen LogP contribution in [0.3, 0.4) is 0 Å². The normalized spacial score (nSPS) is 11.7. The number of benzene rings is 7. The summed E-state index contributed by atoms with van der Waals surface area (Å²) in [5.41, 5.74) is 14.3. The molecule has 39 heavy (non-hydrogen) atoms. The summed E-state index contributed by atoms with van der Waals surface area (Å²) < 4.78 is 0. The average molecular weight is 492 g/mol. The van der Waals surface area contributed by atoms with Crippen molar-refractivity contribution in [3.05, 3.63) is 140 Å². The summed E-state index contributed by atoms with van der Waals surface area (Å²) in [6.45, 7) is 0. The third-order valence-corrected chi connectivity index (χ3v) is 8.34. The Morgan fingerprint density at radius 2 is 0.897 bits per heavy atom. The van der Waals surface area contributed by atoms with Gasteiger partial charge in [-0.1, -0.05) is 139 Å². The Labute approximate surface area is 229 Å². The van der Waals surface area contributed by atoms with Crippen molar-refractivity contribution in [3.63, 3.8) is 0 Å². The van der Waals surface area contributed by atoms with Gasteiger partial charge in [0.15, 0.2) is 0 Å². The number of fused-ring (bicyclic) bond motifs is 4. The van der Waals surface area contributed by atoms with Gasteiger partial charge >= 0.3 is 0 Å². The molecule has 0 unspecified atom stereocenters. The molecule has 0 spiro atoms. The van der Waals surface area contributed by atoms with Crippen LogP contribution in [0.2, 0.25) is 0 Å². The van der Waals surface area contributed by atoms with E-state index in [2.05, 4.69) is 147 Å². The first-order valence-corrected chi connectivity index (χ1v) is 13.6. The number of hydrogen-bond acceptors (Lipinski definition) is 0. The van der Waals surface area contributed by atoms with Crippen LogP contribution in [0.4, 0.5) is 0 Å². The molecule has 0 fully saturated rings. The van der Waals surface area contributed by atoms with E-state index in [4.69, 9.17) is 0 Å². The molecule has 0 heterocycles. The summed E-state index contributed by atoms with van der Waals surface area (Å²) in [5, 5.41) is 5.30. The lowest BCUT2D eigenvalue weighted by molar-refractivity contribution is 1.61. The molecule has 0 aliphatic heterocycles. The second-order valence-corrected chi connectivity index (χ2v) is 10.5. The van der Waals surface area contributed by atoms with Gasteiger partial charge < -0.3 is 0 Å². The predicted molar refractivity (Wildman–Crippen MR) is 170 cm³/mol. The van der Waals surface area contributed by atoms with E-state index < -0.39 is 0 Å². The number of hydrogen-bond donors (Lipinski definition) is 0. The van der Waals surface area contributed by atoms with Crippen LogP contribution in [0.5, 0.6) is 0 Å². The van der Waals surface area contributed by atoms with Crippen molar-refractivity contribution in [2.45, 2.75) is 0 Å². The van der Waals surface area contributed by atoms with Gasteiger partial charge in [-0.15, -0.1) is 0 Å². The molecule has 8 rings (SSSR count). The zero-order valence-electron chi connectivity index (χ0n) is 21.8. The monoisotopic (exact) mass is 492 g/mol. The summed E-state index contributed by atoms with van der Waals surface area (Å²) in [4.78, 5) is 0. The van der Waals surface area contributed by atoms with Crippen LogP contribution in [0.15, 0.2) is 140 Å². The van der Waals surface area contributed by atoms with Crippen molar-refractivity contribution in [1.29, 1.82) is 0 Å². The van der Waals surface area contributed by atoms with Crippen molar-refractivity contribution in [2.24, 2.45) is 0 Å². The molecule has 0 bridgehead atoms. The summed E-state index contributed by atoms with van der Waals surface area (Å²) in [7, 11) is 2.23. The first-order valence-electron chi connectivity index (χ1n) is 13.6. The van der Waals surface area contributed by atoms with Gasteiger partial charge in [0.2, 0.25) is 0 Å². The fraction of sp³-hybridized carbons (Fsp3) is 0. The third kappa shape index (κ3) is 3.27. The molecular weight excluding hydrogens is 467 g/mol. The SMILES string of the molecule is Bc1ccc2c3c(cccc13)-c1c-2c(-c2ccccc2)c2ccc(-c3ccccc3)cc2c1-c1ccccc1. The Kier molecular flexibility index (Phi) is 4.87. The molecule has 0 saturated carbocycles. The summed E-state index contributed by atoms with van der Waals surface area (Å²) in [5.74, 6) is 0. The molecule has 7 aromatic carbocycles. The zero-order valence-corrected chi connectivity index (χ0v) is 21.8. The minimum atomic E-state index is 1.24. The van der Waals surface area contributed by atoms with E-state index in [1.165, 1.54) is 82.6 Å². The molecule has 0 saturated heterocycles. The molecule has 0 amide bonds. The Balaban J connectivity index is 1.62. The van der Waals surface area contributed by atoms with Crippen LogP contribution < -0.4 is 5.46 Å². The molecular formula is C38H25B. The van der Waals surface area contributed by atoms with E-state index in [9.17, 15) is 0 Å². The first-order chi connectivity index (χ1) is 19.3. The summed E-state index contributed by atoms with van der Waals surface area (Å²) in [6, 6.07) is 51.1. The lowest BCUT2D eigenvalue weighted by atomic mass is 9.81. The second kappa shape index (κ2) is 8.58. The van der Waals surface area contributed by atoms with Gasteiger partial charge in [-0.3, -0.25) is 0 Å². The maximum atomic E-state index is 2.41. The highest BCUT2D eigenvalue weighted by molar-refractivity contribution is 6.41. The summed E-state index contributed by atoms with van der Waals surface area (Å²) >= 11 is 0. The van der Waals surface area contributed by atoms with Gasteiger partial charge in [-0.2, -0.15) is 0 Å². The Bertz CT molecular complexity index is 2040. The van der Waals surface area contributed by atoms with E-state index in [0.717, 1.165) is 0 Å². The van der Waals surface area contributed by atoms with Crippen molar-refractivity contribution < 1.29 is 0 Å². The van der Waals surface area contributed by atoms with Crippen LogP contribution in [0.1, 0.15) is 0 Å². The topological polar surface area (TPSA) is 0 Å². The molecule has 180 valence electrons. The van der Waals surface area contributed by atoms with Crippen LogP contribution in [0.25, 0.3) is 77.2 Å². The Morgan fingerprint density at radius 3 is 1.54 bits per heavy atom. The van der Waals surface area contributed by atoms with Crippen LogP contribution in [-0.4, -0.2) is 7.85 Å². The maximum absolute atomic E-state index is 2.41. The average Bonchev–Trinajstić information content (AvgIpc) is 3.33. The highest BCUT2D eigenvalue weighted by atomic mass is 14.3. The van der Waals surface area contributed by atoms with E-state index in [1.54, 1.807) is 0 Å². The Morgan fingerprint density at radius 1 is 0.333 bits per heavy atom. The molecule has 0 N–H and O–H groups in total. The molecule has 1 aliphatic rings. The van der Waals surface area contributed by atoms with Crippen molar-refractivity contribution in [2.75, 3.05) is 0 Å². The van der Waals surface area contributed by atoms with Crippen molar-refractivity contribution in [3.8, 4) is 55.6 Å². The van der Waals surface area contributed by atoms with Crippen LogP contribution in [-0.2, 0) is 0 Å². The minimum absolute atomic E-state index is 1.24. The van der Waals surface area contributed by atoms with Crippen LogP contribution >= 0.6 is 0 Å². The van der Waals surface area contributed by atoms with E-state index in [1.807, 2.05) is 0 Å². The van der Waals surface area contributed by atoms with Gasteiger partial charge in [-0.25, -0.2) is 0 Å². The highest BCUT2D eigenvalue weighted by Gasteiger charge is 2.30. The second-order valence-electron chi connectivity index (χ2n) is 10.5. The largest absolute Gasteiger partial charge is 0.140 e. The molecule has 1 aliphatic carbocycles. The standard InChI is InChI=1S/C38H25B/c39-33-22-21-31-36-29(33)17-10-18-30(36)37-35(26-15-8-3-9-16-26)32-23-27(24-11-4-1-5-12-24)19-20-28(32)34(38(31)37)25-13-6-2-7-14-25/h1-23H,39H2. The minimum Gasteiger partial charge on any atom is -0.0812 e. The lowest BCUT2D eigenvalue weighted by Gasteiger charge is -2.21. The van der Waals surface area contributed by atoms with Gasteiger partial charge in [-0.05, 0) is 83.2 Å². The number of rotatable bonds is 3.